The summed E-state index contributed by atoms with van der Waals surface area (Å²) in [6, 6.07) is 12.1. The summed E-state index contributed by atoms with van der Waals surface area (Å²) in [5.74, 6) is 0.928. The van der Waals surface area contributed by atoms with Crippen molar-refractivity contribution in [1.29, 1.82) is 0 Å². The molecule has 166 valence electrons. The van der Waals surface area contributed by atoms with Crippen LogP contribution in [0.3, 0.4) is 0 Å². The summed E-state index contributed by atoms with van der Waals surface area (Å²) in [5.41, 5.74) is 3.81. The fraction of sp³-hybridized carbons (Fsp3) is 0.400. The molecule has 32 heavy (non-hydrogen) atoms. The molecule has 7 nitrogen and oxygen atoms in total. The van der Waals surface area contributed by atoms with Crippen LogP contribution in [0.15, 0.2) is 42.6 Å². The van der Waals surface area contributed by atoms with Gasteiger partial charge in [0, 0.05) is 43.7 Å². The van der Waals surface area contributed by atoms with Crippen LogP contribution in [0, 0.1) is 5.92 Å². The summed E-state index contributed by atoms with van der Waals surface area (Å²) in [6.07, 6.45) is 4.19. The van der Waals surface area contributed by atoms with Gasteiger partial charge in [0.2, 0.25) is 11.8 Å². The van der Waals surface area contributed by atoms with Gasteiger partial charge in [0.1, 0.15) is 11.5 Å². The zero-order valence-electron chi connectivity index (χ0n) is 18.4. The monoisotopic (exact) mass is 431 g/mol. The van der Waals surface area contributed by atoms with Crippen molar-refractivity contribution >= 4 is 28.7 Å². The largest absolute Gasteiger partial charge is 0.346 e. The number of carbonyl (C=O) groups is 2. The standard InChI is InChI=1S/C25H29N5O2/c1-2-29-11-13-30(14-12-29)23(31)15-17-3-5-18(6-4-17)21-16-22(28-25(32)19-7-8-19)27-24-20(21)9-10-26-24/h3-6,9-10,16,19H,2,7-8,11-15H2,1H3,(H2,26,27,28,32). The van der Waals surface area contributed by atoms with E-state index in [1.165, 1.54) is 0 Å². The van der Waals surface area contributed by atoms with Gasteiger partial charge in [-0.2, -0.15) is 0 Å². The van der Waals surface area contributed by atoms with Crippen molar-refractivity contribution in [3.8, 4) is 11.1 Å². The number of fused-ring (bicyclic) bond motifs is 1. The molecule has 2 aliphatic rings. The predicted octanol–water partition coefficient (Wildman–Crippen LogP) is 3.29. The Hall–Kier alpha value is -3.19. The smallest absolute Gasteiger partial charge is 0.228 e. The zero-order chi connectivity index (χ0) is 22.1. The Morgan fingerprint density at radius 3 is 2.53 bits per heavy atom. The van der Waals surface area contributed by atoms with Crippen LogP contribution in [0.25, 0.3) is 22.2 Å². The van der Waals surface area contributed by atoms with Gasteiger partial charge in [0.25, 0.3) is 0 Å². The molecule has 2 fully saturated rings. The molecule has 1 saturated heterocycles. The second-order valence-corrected chi connectivity index (χ2v) is 8.75. The van der Waals surface area contributed by atoms with Gasteiger partial charge in [0.15, 0.2) is 0 Å². The molecule has 7 heteroatoms. The highest BCUT2D eigenvalue weighted by Crippen LogP contribution is 2.33. The Balaban J connectivity index is 1.31. The van der Waals surface area contributed by atoms with E-state index in [1.54, 1.807) is 0 Å². The highest BCUT2D eigenvalue weighted by atomic mass is 16.2. The van der Waals surface area contributed by atoms with Crippen molar-refractivity contribution < 1.29 is 9.59 Å². The van der Waals surface area contributed by atoms with E-state index >= 15 is 0 Å². The lowest BCUT2D eigenvalue weighted by molar-refractivity contribution is -0.132. The van der Waals surface area contributed by atoms with Gasteiger partial charge >= 0.3 is 0 Å². The van der Waals surface area contributed by atoms with Gasteiger partial charge < -0.3 is 20.1 Å². The van der Waals surface area contributed by atoms with Crippen LogP contribution >= 0.6 is 0 Å². The van der Waals surface area contributed by atoms with E-state index in [4.69, 9.17) is 0 Å². The van der Waals surface area contributed by atoms with Crippen LogP contribution in [0.2, 0.25) is 0 Å². The number of rotatable bonds is 6. The first kappa shape index (κ1) is 20.7. The number of piperazine rings is 1. The minimum Gasteiger partial charge on any atom is -0.346 e. The molecule has 2 amide bonds. The van der Waals surface area contributed by atoms with Crippen LogP contribution in [0.4, 0.5) is 5.82 Å². The Kier molecular flexibility index (Phi) is 5.66. The fourth-order valence-corrected chi connectivity index (χ4v) is 4.32. The Morgan fingerprint density at radius 2 is 1.84 bits per heavy atom. The molecule has 1 aliphatic carbocycles. The van der Waals surface area contributed by atoms with Crippen molar-refractivity contribution in [2.45, 2.75) is 26.2 Å². The van der Waals surface area contributed by atoms with E-state index < -0.39 is 0 Å². The highest BCUT2D eigenvalue weighted by molar-refractivity contribution is 5.99. The zero-order valence-corrected chi connectivity index (χ0v) is 18.4. The third-order valence-corrected chi connectivity index (χ3v) is 6.52. The highest BCUT2D eigenvalue weighted by Gasteiger charge is 2.30. The van der Waals surface area contributed by atoms with E-state index in [-0.39, 0.29) is 17.7 Å². The van der Waals surface area contributed by atoms with Crippen LogP contribution in [0.5, 0.6) is 0 Å². The number of aromatic nitrogens is 2. The summed E-state index contributed by atoms with van der Waals surface area (Å²) >= 11 is 0. The first-order valence-electron chi connectivity index (χ1n) is 11.5. The quantitative estimate of drug-likeness (QED) is 0.628. The Bertz CT molecular complexity index is 1120. The molecule has 1 aromatic carbocycles. The maximum atomic E-state index is 12.7. The van der Waals surface area contributed by atoms with E-state index in [2.05, 4.69) is 27.1 Å². The number of hydrogen-bond donors (Lipinski definition) is 2. The van der Waals surface area contributed by atoms with Gasteiger partial charge in [-0.1, -0.05) is 31.2 Å². The van der Waals surface area contributed by atoms with Crippen molar-refractivity contribution in [1.82, 2.24) is 19.8 Å². The van der Waals surface area contributed by atoms with Crippen LogP contribution in [-0.2, 0) is 16.0 Å². The second kappa shape index (κ2) is 8.74. The van der Waals surface area contributed by atoms with Gasteiger partial charge in [0.05, 0.1) is 6.42 Å². The average Bonchev–Trinajstić information content (AvgIpc) is 3.57. The van der Waals surface area contributed by atoms with E-state index in [0.717, 1.165) is 73.3 Å². The number of nitrogens with zero attached hydrogens (tertiary/aromatic N) is 3. The third kappa shape index (κ3) is 4.39. The molecule has 3 aromatic rings. The molecule has 0 radical (unpaired) electrons. The maximum Gasteiger partial charge on any atom is 0.228 e. The van der Waals surface area contributed by atoms with Crippen molar-refractivity contribution in [3.63, 3.8) is 0 Å². The molecule has 0 unspecified atom stereocenters. The second-order valence-electron chi connectivity index (χ2n) is 8.75. The molecule has 2 N–H and O–H groups in total. The third-order valence-electron chi connectivity index (χ3n) is 6.52. The molecule has 5 rings (SSSR count). The Morgan fingerprint density at radius 1 is 1.09 bits per heavy atom. The number of likely N-dealkylation sites (N-methyl/N-ethyl adjacent to an activating group) is 1. The van der Waals surface area contributed by atoms with E-state index in [1.807, 2.05) is 47.5 Å². The van der Waals surface area contributed by atoms with E-state index in [0.29, 0.717) is 12.2 Å². The maximum absolute atomic E-state index is 12.7. The molecule has 0 bridgehead atoms. The number of pyridine rings is 1. The number of anilines is 1. The summed E-state index contributed by atoms with van der Waals surface area (Å²) < 4.78 is 0. The minimum absolute atomic E-state index is 0.0444. The molecular weight excluding hydrogens is 402 g/mol. The molecular formula is C25H29N5O2. The minimum atomic E-state index is 0.0444. The Labute approximate surface area is 187 Å². The van der Waals surface area contributed by atoms with Gasteiger partial charge in [-0.05, 0) is 48.2 Å². The van der Waals surface area contributed by atoms with Gasteiger partial charge in [-0.15, -0.1) is 0 Å². The first-order valence-corrected chi connectivity index (χ1v) is 11.5. The summed E-state index contributed by atoms with van der Waals surface area (Å²) in [5, 5.41) is 3.96. The summed E-state index contributed by atoms with van der Waals surface area (Å²) in [7, 11) is 0. The number of benzene rings is 1. The van der Waals surface area contributed by atoms with Crippen molar-refractivity contribution in [2.75, 3.05) is 38.0 Å². The lowest BCUT2D eigenvalue weighted by atomic mass is 10.0. The first-order chi connectivity index (χ1) is 15.6. The number of amides is 2. The summed E-state index contributed by atoms with van der Waals surface area (Å²) in [4.78, 5) is 37.0. The van der Waals surface area contributed by atoms with Crippen molar-refractivity contribution in [2.24, 2.45) is 5.92 Å². The lowest BCUT2D eigenvalue weighted by Crippen LogP contribution is -2.48. The molecule has 3 heterocycles. The lowest BCUT2D eigenvalue weighted by Gasteiger charge is -2.34. The normalized spacial score (nSPS) is 17.0. The topological polar surface area (TPSA) is 81.3 Å². The number of hydrogen-bond acceptors (Lipinski definition) is 4. The van der Waals surface area contributed by atoms with Crippen LogP contribution < -0.4 is 5.32 Å². The van der Waals surface area contributed by atoms with Crippen molar-refractivity contribution in [3.05, 3.63) is 48.2 Å². The van der Waals surface area contributed by atoms with Crippen LogP contribution in [0.1, 0.15) is 25.3 Å². The SMILES string of the molecule is CCN1CCN(C(=O)Cc2ccc(-c3cc(NC(=O)C4CC4)nc4[nH]ccc34)cc2)CC1. The number of H-pyrrole nitrogens is 1. The fourth-order valence-electron chi connectivity index (χ4n) is 4.32. The van der Waals surface area contributed by atoms with Crippen LogP contribution in [-0.4, -0.2) is 64.3 Å². The van der Waals surface area contributed by atoms with Gasteiger partial charge in [-0.3, -0.25) is 9.59 Å². The number of aromatic amines is 1. The average molecular weight is 432 g/mol. The molecule has 1 aliphatic heterocycles. The molecule has 0 spiro atoms. The number of carbonyl (C=O) groups excluding carboxylic acids is 2. The molecule has 1 saturated carbocycles. The number of nitrogens with one attached hydrogen (secondary N) is 2. The summed E-state index contributed by atoms with van der Waals surface area (Å²) in [6.45, 7) is 6.72. The van der Waals surface area contributed by atoms with E-state index in [9.17, 15) is 9.59 Å². The van der Waals surface area contributed by atoms with Gasteiger partial charge in [-0.25, -0.2) is 4.98 Å². The predicted molar refractivity (Wildman–Crippen MR) is 125 cm³/mol. The molecule has 0 atom stereocenters. The molecule has 2 aromatic heterocycles.